The average molecular weight is 502 g/mol. The molecule has 0 aromatic heterocycles. The number of esters is 1. The molecule has 3 atom stereocenters. The van der Waals surface area contributed by atoms with Gasteiger partial charge in [0.15, 0.2) is 0 Å². The molecule has 0 saturated carbocycles. The van der Waals surface area contributed by atoms with E-state index in [4.69, 9.17) is 9.57 Å². The van der Waals surface area contributed by atoms with Gasteiger partial charge in [-0.2, -0.15) is 4.79 Å². The van der Waals surface area contributed by atoms with Crippen LogP contribution in [0.3, 0.4) is 0 Å². The van der Waals surface area contributed by atoms with Gasteiger partial charge in [0, 0.05) is 12.1 Å². The molecular formula is C26H22N4O7. The van der Waals surface area contributed by atoms with Crippen molar-refractivity contribution in [1.82, 2.24) is 0 Å². The number of rotatable bonds is 8. The van der Waals surface area contributed by atoms with Crippen LogP contribution in [0.15, 0.2) is 78.9 Å². The number of carbonyl (C=O) groups excluding carboxylic acids is 2. The Morgan fingerprint density at radius 2 is 1.70 bits per heavy atom. The number of methoxy groups -OCH3 is 2. The number of non-ortho nitro benzene ring substituents is 1. The quantitative estimate of drug-likeness (QED) is 0.0858. The molecule has 0 amide bonds. The van der Waals surface area contributed by atoms with E-state index in [1.54, 1.807) is 48.5 Å². The number of hydrogen-bond donors (Lipinski definition) is 0. The van der Waals surface area contributed by atoms with Crippen LogP contribution in [0.25, 0.3) is 5.53 Å². The topological polar surface area (TPSA) is 145 Å². The minimum atomic E-state index is -1.13. The van der Waals surface area contributed by atoms with Gasteiger partial charge in [0.1, 0.15) is 11.9 Å². The molecule has 1 saturated heterocycles. The van der Waals surface area contributed by atoms with Crippen molar-refractivity contribution in [2.24, 2.45) is 5.92 Å². The van der Waals surface area contributed by atoms with Crippen LogP contribution in [0.5, 0.6) is 5.75 Å². The average Bonchev–Trinajstić information content (AvgIpc) is 3.34. The van der Waals surface area contributed by atoms with Crippen LogP contribution >= 0.6 is 0 Å². The fourth-order valence-corrected chi connectivity index (χ4v) is 4.31. The Morgan fingerprint density at radius 1 is 1.00 bits per heavy atom. The molecule has 11 heteroatoms. The maximum Gasteiger partial charge on any atom is 0.441 e. The lowest BCUT2D eigenvalue weighted by molar-refractivity contribution is -0.384. The van der Waals surface area contributed by atoms with E-state index in [2.05, 4.69) is 9.53 Å². The van der Waals surface area contributed by atoms with Crippen LogP contribution in [0.4, 0.5) is 11.4 Å². The van der Waals surface area contributed by atoms with E-state index in [1.807, 2.05) is 6.07 Å². The van der Waals surface area contributed by atoms with Gasteiger partial charge in [-0.25, -0.2) is 9.86 Å². The molecule has 1 aliphatic rings. The number of Topliss-reactive ketones (excluding diaryl/α,β-unsaturated/α-hetero) is 1. The zero-order valence-corrected chi connectivity index (χ0v) is 19.9. The molecule has 0 aliphatic carbocycles. The van der Waals surface area contributed by atoms with Crippen molar-refractivity contribution in [3.8, 4) is 5.75 Å². The second-order valence-corrected chi connectivity index (χ2v) is 8.09. The van der Waals surface area contributed by atoms with Crippen molar-refractivity contribution < 1.29 is 33.6 Å². The first-order chi connectivity index (χ1) is 17.9. The molecule has 0 radical (unpaired) electrons. The van der Waals surface area contributed by atoms with Crippen molar-refractivity contribution in [2.45, 2.75) is 12.1 Å². The summed E-state index contributed by atoms with van der Waals surface area (Å²) in [5.41, 5.74) is 10.3. The molecular weight excluding hydrogens is 480 g/mol. The molecule has 0 spiro atoms. The summed E-state index contributed by atoms with van der Waals surface area (Å²) in [6.07, 6.45) is -0.954. The van der Waals surface area contributed by atoms with Gasteiger partial charge in [0.05, 0.1) is 36.8 Å². The first kappa shape index (κ1) is 25.2. The lowest BCUT2D eigenvalue weighted by Gasteiger charge is -2.26. The van der Waals surface area contributed by atoms with Crippen LogP contribution in [0, 0.1) is 16.0 Å². The zero-order chi connectivity index (χ0) is 26.5. The van der Waals surface area contributed by atoms with Gasteiger partial charge in [-0.05, 0) is 35.4 Å². The summed E-state index contributed by atoms with van der Waals surface area (Å²) in [6.45, 7) is 0. The number of nitrogens with zero attached hydrogens (tertiary/aromatic N) is 4. The smallest absolute Gasteiger partial charge is 0.441 e. The number of hydrogen-bond acceptors (Lipinski definition) is 8. The Labute approximate surface area is 211 Å². The number of nitro groups is 1. The van der Waals surface area contributed by atoms with E-state index in [9.17, 15) is 25.2 Å². The molecule has 37 heavy (non-hydrogen) atoms. The standard InChI is InChI=1S/C26H22N4O7/c1-35-20-10-6-7-17(15-20)25-21(24(31)22(28-27)26(32)36-2)23(16-11-13-19(14-12-16)30(33)34)29(37-25)18-8-4-3-5-9-18/h3-15,21,23,25H,1-2H3/t21-,23+,25-/m1/s1. The zero-order valence-electron chi connectivity index (χ0n) is 19.9. The maximum atomic E-state index is 13.8. The number of benzene rings is 3. The molecule has 0 unspecified atom stereocenters. The predicted octanol–water partition coefficient (Wildman–Crippen LogP) is 3.87. The van der Waals surface area contributed by atoms with Gasteiger partial charge >= 0.3 is 11.7 Å². The molecule has 3 aromatic carbocycles. The maximum absolute atomic E-state index is 13.8. The lowest BCUT2D eigenvalue weighted by atomic mass is 9.81. The summed E-state index contributed by atoms with van der Waals surface area (Å²) in [4.78, 5) is 46.1. The van der Waals surface area contributed by atoms with Crippen molar-refractivity contribution in [2.75, 3.05) is 19.3 Å². The summed E-state index contributed by atoms with van der Waals surface area (Å²) < 4.78 is 9.99. The number of nitro benzene ring substituents is 1. The number of ether oxygens (including phenoxy) is 2. The highest BCUT2D eigenvalue weighted by molar-refractivity contribution is 6.62. The summed E-state index contributed by atoms with van der Waals surface area (Å²) in [6, 6.07) is 20.6. The second kappa shape index (κ2) is 10.8. The Balaban J connectivity index is 1.92. The van der Waals surface area contributed by atoms with Crippen LogP contribution in [0.2, 0.25) is 0 Å². The van der Waals surface area contributed by atoms with Gasteiger partial charge in [-0.1, -0.05) is 42.5 Å². The highest BCUT2D eigenvalue weighted by Crippen LogP contribution is 2.49. The third-order valence-corrected chi connectivity index (χ3v) is 6.04. The lowest BCUT2D eigenvalue weighted by Crippen LogP contribution is -2.37. The van der Waals surface area contributed by atoms with Gasteiger partial charge in [-0.15, -0.1) is 0 Å². The monoisotopic (exact) mass is 502 g/mol. The Kier molecular flexibility index (Phi) is 7.38. The first-order valence-corrected chi connectivity index (χ1v) is 11.1. The molecule has 11 nitrogen and oxygen atoms in total. The molecule has 0 bridgehead atoms. The third kappa shape index (κ3) is 4.94. The Morgan fingerprint density at radius 3 is 2.30 bits per heavy atom. The summed E-state index contributed by atoms with van der Waals surface area (Å²) in [5.74, 6) is -2.55. The van der Waals surface area contributed by atoms with E-state index in [1.165, 1.54) is 36.4 Å². The van der Waals surface area contributed by atoms with E-state index < -0.39 is 40.5 Å². The van der Waals surface area contributed by atoms with Crippen LogP contribution in [-0.2, 0) is 19.2 Å². The predicted molar refractivity (Wildman–Crippen MR) is 131 cm³/mol. The third-order valence-electron chi connectivity index (χ3n) is 6.04. The minimum Gasteiger partial charge on any atom is -0.497 e. The molecule has 1 aliphatic heterocycles. The number of anilines is 1. The minimum absolute atomic E-state index is 0.131. The van der Waals surface area contributed by atoms with Gasteiger partial charge in [0.2, 0.25) is 0 Å². The fraction of sp³-hybridized carbons (Fsp3) is 0.192. The fourth-order valence-electron chi connectivity index (χ4n) is 4.31. The van der Waals surface area contributed by atoms with Crippen LogP contribution in [0.1, 0.15) is 23.3 Å². The summed E-state index contributed by atoms with van der Waals surface area (Å²) in [7, 11) is 2.57. The number of para-hydroxylation sites is 1. The molecule has 188 valence electrons. The SMILES string of the molecule is COC(=O)C(=[N+]=[N-])C(=O)[C@@H]1[C@@H](c2cccc(OC)c2)ON(c2ccccc2)[C@H]1c1ccc([N+](=O)[O-])cc1. The first-order valence-electron chi connectivity index (χ1n) is 11.1. The van der Waals surface area contributed by atoms with Gasteiger partial charge in [0.25, 0.3) is 11.5 Å². The summed E-state index contributed by atoms with van der Waals surface area (Å²) in [5, 5.41) is 12.7. The van der Waals surface area contributed by atoms with E-state index >= 15 is 0 Å². The van der Waals surface area contributed by atoms with E-state index in [0.29, 0.717) is 22.6 Å². The van der Waals surface area contributed by atoms with Crippen molar-refractivity contribution in [3.63, 3.8) is 0 Å². The van der Waals surface area contributed by atoms with E-state index in [0.717, 1.165) is 7.11 Å². The molecule has 1 fully saturated rings. The number of ketones is 1. The van der Waals surface area contributed by atoms with Gasteiger partial charge < -0.3 is 15.0 Å². The highest BCUT2D eigenvalue weighted by Gasteiger charge is 2.53. The molecule has 3 aromatic rings. The molecule has 4 rings (SSSR count). The van der Waals surface area contributed by atoms with Crippen molar-refractivity contribution in [3.05, 3.63) is 106 Å². The van der Waals surface area contributed by atoms with Crippen molar-refractivity contribution >= 4 is 28.8 Å². The Bertz CT molecular complexity index is 1370. The van der Waals surface area contributed by atoms with Crippen LogP contribution in [-0.4, -0.2) is 41.4 Å². The van der Waals surface area contributed by atoms with Crippen LogP contribution < -0.4 is 9.80 Å². The van der Waals surface area contributed by atoms with Crippen molar-refractivity contribution in [1.29, 1.82) is 0 Å². The largest absolute Gasteiger partial charge is 0.497 e. The molecule has 1 heterocycles. The van der Waals surface area contributed by atoms with E-state index in [-0.39, 0.29) is 5.69 Å². The number of hydroxylamine groups is 1. The summed E-state index contributed by atoms with van der Waals surface area (Å²) >= 11 is 0. The Hall–Kier alpha value is -4.86. The van der Waals surface area contributed by atoms with Gasteiger partial charge in [-0.3, -0.25) is 19.7 Å². The normalized spacial score (nSPS) is 18.5. The highest BCUT2D eigenvalue weighted by atomic mass is 16.7. The second-order valence-electron chi connectivity index (χ2n) is 8.09. The molecule has 0 N–H and O–H groups in total. The number of carbonyl (C=O) groups is 2.